The number of rotatable bonds is 6. The molecule has 1 amide bonds. The SMILES string of the molecule is O=C(CN1CCN(c2ccc(Cl)cc2)CC1)NCCc1ccc(Cl)cc1. The topological polar surface area (TPSA) is 35.6 Å². The second kappa shape index (κ2) is 9.26. The molecular formula is C20H23Cl2N3O. The van der Waals surface area contributed by atoms with Gasteiger partial charge in [-0.25, -0.2) is 0 Å². The zero-order chi connectivity index (χ0) is 18.4. The van der Waals surface area contributed by atoms with Crippen molar-refractivity contribution in [2.75, 3.05) is 44.2 Å². The molecule has 0 saturated carbocycles. The minimum atomic E-state index is 0.0823. The number of carbonyl (C=O) groups excluding carboxylic acids is 1. The Kier molecular flexibility index (Phi) is 6.78. The summed E-state index contributed by atoms with van der Waals surface area (Å²) in [4.78, 5) is 16.7. The predicted octanol–water partition coefficient (Wildman–Crippen LogP) is 3.47. The van der Waals surface area contributed by atoms with E-state index >= 15 is 0 Å². The van der Waals surface area contributed by atoms with Crippen molar-refractivity contribution in [2.45, 2.75) is 6.42 Å². The van der Waals surface area contributed by atoms with E-state index in [2.05, 4.69) is 15.1 Å². The van der Waals surface area contributed by atoms with Crippen LogP contribution in [0.15, 0.2) is 48.5 Å². The first-order valence-corrected chi connectivity index (χ1v) is 9.60. The van der Waals surface area contributed by atoms with Gasteiger partial charge in [0.2, 0.25) is 5.91 Å². The number of anilines is 1. The molecule has 1 fully saturated rings. The van der Waals surface area contributed by atoms with E-state index in [1.54, 1.807) is 0 Å². The Morgan fingerprint density at radius 2 is 1.46 bits per heavy atom. The Labute approximate surface area is 164 Å². The molecule has 0 aromatic heterocycles. The molecule has 0 unspecified atom stereocenters. The van der Waals surface area contributed by atoms with Gasteiger partial charge in [-0.2, -0.15) is 0 Å². The molecule has 0 bridgehead atoms. The third kappa shape index (κ3) is 5.63. The quantitative estimate of drug-likeness (QED) is 0.818. The second-order valence-electron chi connectivity index (χ2n) is 6.47. The smallest absolute Gasteiger partial charge is 0.234 e. The molecule has 1 aliphatic heterocycles. The van der Waals surface area contributed by atoms with Crippen molar-refractivity contribution in [1.82, 2.24) is 10.2 Å². The van der Waals surface area contributed by atoms with Gasteiger partial charge in [0.15, 0.2) is 0 Å². The highest BCUT2D eigenvalue weighted by Gasteiger charge is 2.19. The number of carbonyl (C=O) groups is 1. The molecule has 0 spiro atoms. The molecule has 26 heavy (non-hydrogen) atoms. The highest BCUT2D eigenvalue weighted by molar-refractivity contribution is 6.30. The number of piperazine rings is 1. The van der Waals surface area contributed by atoms with Gasteiger partial charge in [-0.1, -0.05) is 35.3 Å². The van der Waals surface area contributed by atoms with Crippen molar-refractivity contribution in [3.8, 4) is 0 Å². The average molecular weight is 392 g/mol. The van der Waals surface area contributed by atoms with Gasteiger partial charge in [0, 0.05) is 48.5 Å². The summed E-state index contributed by atoms with van der Waals surface area (Å²) in [5.74, 6) is 0.0823. The number of amides is 1. The van der Waals surface area contributed by atoms with Crippen LogP contribution in [0.5, 0.6) is 0 Å². The number of hydrogen-bond donors (Lipinski definition) is 1. The third-order valence-electron chi connectivity index (χ3n) is 4.58. The fourth-order valence-electron chi connectivity index (χ4n) is 3.07. The molecule has 0 radical (unpaired) electrons. The van der Waals surface area contributed by atoms with E-state index in [1.165, 1.54) is 11.3 Å². The first-order chi connectivity index (χ1) is 12.6. The first-order valence-electron chi connectivity index (χ1n) is 8.84. The van der Waals surface area contributed by atoms with Gasteiger partial charge in [-0.3, -0.25) is 9.69 Å². The molecule has 6 heteroatoms. The Morgan fingerprint density at radius 1 is 0.885 bits per heavy atom. The van der Waals surface area contributed by atoms with E-state index in [4.69, 9.17) is 23.2 Å². The van der Waals surface area contributed by atoms with Crippen LogP contribution in [0.25, 0.3) is 0 Å². The monoisotopic (exact) mass is 391 g/mol. The molecule has 4 nitrogen and oxygen atoms in total. The van der Waals surface area contributed by atoms with Crippen molar-refractivity contribution in [3.05, 3.63) is 64.1 Å². The van der Waals surface area contributed by atoms with Crippen LogP contribution in [0.3, 0.4) is 0 Å². The summed E-state index contributed by atoms with van der Waals surface area (Å²) in [6.45, 7) is 4.69. The van der Waals surface area contributed by atoms with Crippen LogP contribution in [-0.4, -0.2) is 50.1 Å². The summed E-state index contributed by atoms with van der Waals surface area (Å²) in [5.41, 5.74) is 2.35. The normalized spacial score (nSPS) is 15.1. The lowest BCUT2D eigenvalue weighted by Crippen LogP contribution is -2.49. The van der Waals surface area contributed by atoms with Crippen LogP contribution in [-0.2, 0) is 11.2 Å². The molecular weight excluding hydrogens is 369 g/mol. The van der Waals surface area contributed by atoms with Crippen LogP contribution in [0.4, 0.5) is 5.69 Å². The largest absolute Gasteiger partial charge is 0.369 e. The van der Waals surface area contributed by atoms with Gasteiger partial charge in [0.05, 0.1) is 6.54 Å². The zero-order valence-corrected chi connectivity index (χ0v) is 16.1. The minimum Gasteiger partial charge on any atom is -0.369 e. The van der Waals surface area contributed by atoms with E-state index in [0.717, 1.165) is 42.6 Å². The molecule has 138 valence electrons. The lowest BCUT2D eigenvalue weighted by Gasteiger charge is -2.35. The van der Waals surface area contributed by atoms with Gasteiger partial charge >= 0.3 is 0 Å². The van der Waals surface area contributed by atoms with Crippen molar-refractivity contribution < 1.29 is 4.79 Å². The van der Waals surface area contributed by atoms with Gasteiger partial charge < -0.3 is 10.2 Å². The van der Waals surface area contributed by atoms with Gasteiger partial charge in [-0.05, 0) is 48.4 Å². The van der Waals surface area contributed by atoms with Crippen molar-refractivity contribution >= 4 is 34.8 Å². The molecule has 2 aromatic carbocycles. The van der Waals surface area contributed by atoms with Gasteiger partial charge in [-0.15, -0.1) is 0 Å². The summed E-state index contributed by atoms with van der Waals surface area (Å²) in [6.07, 6.45) is 0.813. The lowest BCUT2D eigenvalue weighted by molar-refractivity contribution is -0.122. The first kappa shape index (κ1) is 19.0. The number of nitrogens with one attached hydrogen (secondary N) is 1. The van der Waals surface area contributed by atoms with Gasteiger partial charge in [0.1, 0.15) is 0 Å². The Balaban J connectivity index is 1.36. The summed E-state index contributed by atoms with van der Waals surface area (Å²) in [7, 11) is 0. The average Bonchev–Trinajstić information content (AvgIpc) is 2.65. The van der Waals surface area contributed by atoms with E-state index in [9.17, 15) is 4.79 Å². The molecule has 0 aliphatic carbocycles. The van der Waals surface area contributed by atoms with Crippen molar-refractivity contribution in [3.63, 3.8) is 0 Å². The highest BCUT2D eigenvalue weighted by Crippen LogP contribution is 2.19. The fraction of sp³-hybridized carbons (Fsp3) is 0.350. The van der Waals surface area contributed by atoms with Crippen LogP contribution in [0.1, 0.15) is 5.56 Å². The standard InChI is InChI=1S/C20H23Cl2N3O/c21-17-3-1-16(2-4-17)9-10-23-20(26)15-24-11-13-25(14-12-24)19-7-5-18(22)6-8-19/h1-8H,9-15H2,(H,23,26). The van der Waals surface area contributed by atoms with E-state index in [-0.39, 0.29) is 5.91 Å². The third-order valence-corrected chi connectivity index (χ3v) is 5.08. The summed E-state index contributed by atoms with van der Waals surface area (Å²) >= 11 is 11.8. The number of nitrogens with zero attached hydrogens (tertiary/aromatic N) is 2. The molecule has 1 N–H and O–H groups in total. The van der Waals surface area contributed by atoms with E-state index < -0.39 is 0 Å². The molecule has 1 saturated heterocycles. The second-order valence-corrected chi connectivity index (χ2v) is 7.34. The molecule has 0 atom stereocenters. The maximum atomic E-state index is 12.1. The van der Waals surface area contributed by atoms with E-state index in [0.29, 0.717) is 13.1 Å². The van der Waals surface area contributed by atoms with Crippen LogP contribution < -0.4 is 10.2 Å². The molecule has 2 aromatic rings. The minimum absolute atomic E-state index is 0.0823. The number of hydrogen-bond acceptors (Lipinski definition) is 3. The Hall–Kier alpha value is -1.75. The maximum absolute atomic E-state index is 12.1. The van der Waals surface area contributed by atoms with Gasteiger partial charge in [0.25, 0.3) is 0 Å². The predicted molar refractivity (Wildman–Crippen MR) is 108 cm³/mol. The summed E-state index contributed by atoms with van der Waals surface area (Å²) in [6, 6.07) is 15.6. The van der Waals surface area contributed by atoms with Crippen molar-refractivity contribution in [1.29, 1.82) is 0 Å². The fourth-order valence-corrected chi connectivity index (χ4v) is 3.32. The summed E-state index contributed by atoms with van der Waals surface area (Å²) in [5, 5.41) is 4.48. The molecule has 3 rings (SSSR count). The van der Waals surface area contributed by atoms with Crippen LogP contribution in [0.2, 0.25) is 10.0 Å². The Morgan fingerprint density at radius 3 is 2.08 bits per heavy atom. The number of benzene rings is 2. The zero-order valence-electron chi connectivity index (χ0n) is 14.6. The molecule has 1 aliphatic rings. The van der Waals surface area contributed by atoms with Crippen LogP contribution >= 0.6 is 23.2 Å². The molecule has 1 heterocycles. The Bertz CT molecular complexity index is 711. The number of halogens is 2. The van der Waals surface area contributed by atoms with Crippen molar-refractivity contribution in [2.24, 2.45) is 0 Å². The lowest BCUT2D eigenvalue weighted by atomic mass is 10.1. The summed E-state index contributed by atoms with van der Waals surface area (Å²) < 4.78 is 0. The maximum Gasteiger partial charge on any atom is 0.234 e. The van der Waals surface area contributed by atoms with E-state index in [1.807, 2.05) is 48.5 Å². The highest BCUT2D eigenvalue weighted by atomic mass is 35.5. The van der Waals surface area contributed by atoms with Crippen LogP contribution in [0, 0.1) is 0 Å².